The van der Waals surface area contributed by atoms with Crippen LogP contribution in [0.3, 0.4) is 0 Å². The Morgan fingerprint density at radius 3 is 2.00 bits per heavy atom. The molecular formula is C11H27NO2. The number of ether oxygens (including phenoxy) is 2. The first-order chi connectivity index (χ1) is 6.41. The number of hydrogen-bond donors (Lipinski definition) is 1. The zero-order chi connectivity index (χ0) is 9.78. The summed E-state index contributed by atoms with van der Waals surface area (Å²) in [6.45, 7) is 6.36. The molecule has 3 nitrogen and oxygen atoms in total. The van der Waals surface area contributed by atoms with E-state index in [0.717, 1.165) is 45.8 Å². The van der Waals surface area contributed by atoms with Crippen LogP contribution in [0.1, 0.15) is 33.6 Å². The van der Waals surface area contributed by atoms with Crippen LogP contribution in [-0.4, -0.2) is 40.0 Å². The fourth-order valence-electron chi connectivity index (χ4n) is 0.919. The van der Waals surface area contributed by atoms with Gasteiger partial charge in [0, 0.05) is 13.2 Å². The van der Waals surface area contributed by atoms with E-state index in [1.54, 1.807) is 0 Å². The maximum Gasteiger partial charge on any atom is 0.0700 e. The lowest BCUT2D eigenvalue weighted by atomic mass is 10.4. The molecular weight excluding hydrogens is 178 g/mol. The van der Waals surface area contributed by atoms with Gasteiger partial charge in [-0.25, -0.2) is 0 Å². The summed E-state index contributed by atoms with van der Waals surface area (Å²) in [5.74, 6) is 0. The Kier molecular flexibility index (Phi) is 17.9. The van der Waals surface area contributed by atoms with Crippen molar-refractivity contribution >= 4 is 0 Å². The summed E-state index contributed by atoms with van der Waals surface area (Å²) in [5, 5.41) is 3.08. The zero-order valence-corrected chi connectivity index (χ0v) is 8.97. The first-order valence-corrected chi connectivity index (χ1v) is 5.22. The van der Waals surface area contributed by atoms with Gasteiger partial charge in [0.05, 0.1) is 13.2 Å². The first kappa shape index (κ1) is 16.3. The highest BCUT2D eigenvalue weighted by molar-refractivity contribution is 4.39. The monoisotopic (exact) mass is 205 g/mol. The molecule has 0 amide bonds. The molecule has 0 aromatic carbocycles. The molecule has 0 unspecified atom stereocenters. The molecule has 0 heterocycles. The zero-order valence-electron chi connectivity index (χ0n) is 8.97. The van der Waals surface area contributed by atoms with E-state index in [-0.39, 0.29) is 7.43 Å². The lowest BCUT2D eigenvalue weighted by Gasteiger charge is -2.04. The Bertz CT molecular complexity index is 79.4. The summed E-state index contributed by atoms with van der Waals surface area (Å²) >= 11 is 0. The third-order valence-electron chi connectivity index (χ3n) is 1.73. The fraction of sp³-hybridized carbons (Fsp3) is 1.00. The molecule has 88 valence electrons. The third kappa shape index (κ3) is 14.4. The Balaban J connectivity index is 0. The molecule has 14 heavy (non-hydrogen) atoms. The van der Waals surface area contributed by atoms with Crippen LogP contribution in [0.15, 0.2) is 0 Å². The van der Waals surface area contributed by atoms with Gasteiger partial charge >= 0.3 is 0 Å². The molecule has 0 rings (SSSR count). The topological polar surface area (TPSA) is 30.5 Å². The average molecular weight is 205 g/mol. The standard InChI is InChI=1S/C10H23NO2.CH4/c1-3-4-7-12-9-10-13-8-5-6-11-2;/h11H,3-10H2,1-2H3;1H4. The van der Waals surface area contributed by atoms with E-state index in [0.29, 0.717) is 0 Å². The molecule has 0 radical (unpaired) electrons. The van der Waals surface area contributed by atoms with Crippen molar-refractivity contribution in [2.75, 3.05) is 40.0 Å². The van der Waals surface area contributed by atoms with E-state index >= 15 is 0 Å². The van der Waals surface area contributed by atoms with Gasteiger partial charge in [-0.15, -0.1) is 0 Å². The van der Waals surface area contributed by atoms with Gasteiger partial charge in [0.15, 0.2) is 0 Å². The fourth-order valence-corrected chi connectivity index (χ4v) is 0.919. The quantitative estimate of drug-likeness (QED) is 0.554. The maximum atomic E-state index is 5.35. The number of nitrogens with one attached hydrogen (secondary N) is 1. The van der Waals surface area contributed by atoms with Crippen LogP contribution in [0.2, 0.25) is 0 Å². The highest BCUT2D eigenvalue weighted by Crippen LogP contribution is 1.88. The van der Waals surface area contributed by atoms with Crippen molar-refractivity contribution in [2.24, 2.45) is 0 Å². The van der Waals surface area contributed by atoms with Gasteiger partial charge in [0.25, 0.3) is 0 Å². The summed E-state index contributed by atoms with van der Waals surface area (Å²) in [6, 6.07) is 0. The Morgan fingerprint density at radius 1 is 0.929 bits per heavy atom. The molecule has 0 aliphatic carbocycles. The van der Waals surface area contributed by atoms with Crippen LogP contribution < -0.4 is 5.32 Å². The second kappa shape index (κ2) is 15.4. The highest BCUT2D eigenvalue weighted by atomic mass is 16.5. The minimum absolute atomic E-state index is 0. The van der Waals surface area contributed by atoms with Crippen LogP contribution >= 0.6 is 0 Å². The van der Waals surface area contributed by atoms with E-state index in [1.807, 2.05) is 7.05 Å². The normalized spacial score (nSPS) is 9.86. The molecule has 0 aromatic rings. The predicted molar refractivity (Wildman–Crippen MR) is 61.8 cm³/mol. The largest absolute Gasteiger partial charge is 0.379 e. The first-order valence-electron chi connectivity index (χ1n) is 5.22. The summed E-state index contributed by atoms with van der Waals surface area (Å²) in [7, 11) is 1.95. The van der Waals surface area contributed by atoms with Crippen molar-refractivity contribution in [3.63, 3.8) is 0 Å². The second-order valence-electron chi connectivity index (χ2n) is 3.04. The highest BCUT2D eigenvalue weighted by Gasteiger charge is 1.89. The van der Waals surface area contributed by atoms with Crippen LogP contribution in [0.4, 0.5) is 0 Å². The van der Waals surface area contributed by atoms with E-state index in [9.17, 15) is 0 Å². The van der Waals surface area contributed by atoms with Gasteiger partial charge < -0.3 is 14.8 Å². The number of hydrogen-bond acceptors (Lipinski definition) is 3. The van der Waals surface area contributed by atoms with Crippen LogP contribution in [0, 0.1) is 0 Å². The van der Waals surface area contributed by atoms with Gasteiger partial charge in [-0.1, -0.05) is 20.8 Å². The van der Waals surface area contributed by atoms with Crippen LogP contribution in [-0.2, 0) is 9.47 Å². The van der Waals surface area contributed by atoms with Gasteiger partial charge in [-0.05, 0) is 26.4 Å². The lowest BCUT2D eigenvalue weighted by Crippen LogP contribution is -2.12. The summed E-state index contributed by atoms with van der Waals surface area (Å²) in [5.41, 5.74) is 0. The molecule has 0 aromatic heterocycles. The SMILES string of the molecule is C.CCCCOCCOCCCNC. The summed E-state index contributed by atoms with van der Waals surface area (Å²) < 4.78 is 10.7. The molecule has 0 saturated heterocycles. The lowest BCUT2D eigenvalue weighted by molar-refractivity contribution is 0.0460. The van der Waals surface area contributed by atoms with Crippen molar-refractivity contribution in [1.29, 1.82) is 0 Å². The third-order valence-corrected chi connectivity index (χ3v) is 1.73. The molecule has 0 saturated carbocycles. The Morgan fingerprint density at radius 2 is 1.50 bits per heavy atom. The van der Waals surface area contributed by atoms with E-state index in [1.165, 1.54) is 6.42 Å². The van der Waals surface area contributed by atoms with Gasteiger partial charge in [0.1, 0.15) is 0 Å². The minimum atomic E-state index is 0. The van der Waals surface area contributed by atoms with Crippen molar-refractivity contribution < 1.29 is 9.47 Å². The second-order valence-corrected chi connectivity index (χ2v) is 3.04. The smallest absolute Gasteiger partial charge is 0.0700 e. The van der Waals surface area contributed by atoms with Crippen molar-refractivity contribution in [1.82, 2.24) is 5.32 Å². The van der Waals surface area contributed by atoms with Gasteiger partial charge in [0.2, 0.25) is 0 Å². The molecule has 1 N–H and O–H groups in total. The van der Waals surface area contributed by atoms with Gasteiger partial charge in [-0.3, -0.25) is 0 Å². The van der Waals surface area contributed by atoms with Crippen molar-refractivity contribution in [3.8, 4) is 0 Å². The van der Waals surface area contributed by atoms with Crippen LogP contribution in [0.5, 0.6) is 0 Å². The molecule has 0 atom stereocenters. The van der Waals surface area contributed by atoms with E-state index in [2.05, 4.69) is 12.2 Å². The number of rotatable bonds is 10. The molecule has 0 fully saturated rings. The minimum Gasteiger partial charge on any atom is -0.379 e. The molecule has 0 aliphatic rings. The summed E-state index contributed by atoms with van der Waals surface area (Å²) in [4.78, 5) is 0. The average Bonchev–Trinajstić information content (AvgIpc) is 2.16. The van der Waals surface area contributed by atoms with Crippen LogP contribution in [0.25, 0.3) is 0 Å². The molecule has 0 bridgehead atoms. The molecule has 0 aliphatic heterocycles. The van der Waals surface area contributed by atoms with Gasteiger partial charge in [-0.2, -0.15) is 0 Å². The Hall–Kier alpha value is -0.120. The predicted octanol–water partition coefficient (Wildman–Crippen LogP) is 2.07. The Labute approximate surface area is 89.2 Å². The molecule has 0 spiro atoms. The van der Waals surface area contributed by atoms with Crippen molar-refractivity contribution in [2.45, 2.75) is 33.6 Å². The van der Waals surface area contributed by atoms with Crippen molar-refractivity contribution in [3.05, 3.63) is 0 Å². The molecule has 3 heteroatoms. The number of unbranched alkanes of at least 4 members (excludes halogenated alkanes) is 1. The van der Waals surface area contributed by atoms with E-state index < -0.39 is 0 Å². The van der Waals surface area contributed by atoms with E-state index in [4.69, 9.17) is 9.47 Å². The summed E-state index contributed by atoms with van der Waals surface area (Å²) in [6.07, 6.45) is 3.42. The maximum absolute atomic E-state index is 5.35.